The molecule has 38 heavy (non-hydrogen) atoms. The smallest absolute Gasteiger partial charge is 0.328 e. The van der Waals surface area contributed by atoms with Crippen LogP contribution >= 0.6 is 7.60 Å². The maximum absolute atomic E-state index is 13.1. The average Bonchev–Trinajstić information content (AvgIpc) is 3.15. The second kappa shape index (κ2) is 11.8. The van der Waals surface area contributed by atoms with E-state index in [2.05, 4.69) is 55.8 Å². The Morgan fingerprint density at radius 3 is 2.26 bits per heavy atom. The molecule has 0 aromatic rings. The molecule has 0 spiro atoms. The monoisotopic (exact) mass is 552 g/mol. The van der Waals surface area contributed by atoms with Crippen LogP contribution in [0.5, 0.6) is 0 Å². The van der Waals surface area contributed by atoms with Crippen LogP contribution in [0, 0.1) is 52.3 Å². The van der Waals surface area contributed by atoms with E-state index in [4.69, 9.17) is 9.05 Å². The molecule has 0 amide bonds. The molecular weight excluding hydrogens is 489 g/mol. The van der Waals surface area contributed by atoms with E-state index in [9.17, 15) is 4.57 Å². The van der Waals surface area contributed by atoms with Crippen LogP contribution in [0.15, 0.2) is 0 Å². The lowest BCUT2D eigenvalue weighted by atomic mass is 9.44. The highest BCUT2D eigenvalue weighted by Gasteiger charge is 2.60. The first kappa shape index (κ1) is 31.1. The van der Waals surface area contributed by atoms with Gasteiger partial charge in [0.1, 0.15) is 13.2 Å². The van der Waals surface area contributed by atoms with Gasteiger partial charge >= 0.3 is 7.60 Å². The van der Waals surface area contributed by atoms with E-state index in [0.717, 1.165) is 59.4 Å². The van der Waals surface area contributed by atoms with Gasteiger partial charge in [-0.05, 0) is 110 Å². The van der Waals surface area contributed by atoms with Gasteiger partial charge in [0.15, 0.2) is 0 Å². The van der Waals surface area contributed by atoms with Gasteiger partial charge in [-0.1, -0.05) is 53.9 Å². The van der Waals surface area contributed by atoms with Gasteiger partial charge in [-0.3, -0.25) is 4.57 Å². The summed E-state index contributed by atoms with van der Waals surface area (Å²) in [6, 6.07) is 0. The third kappa shape index (κ3) is 6.77. The largest absolute Gasteiger partial charge is 0.329 e. The Balaban J connectivity index is 1.35. The summed E-state index contributed by atoms with van der Waals surface area (Å²) in [5, 5.41) is 0. The number of quaternary nitrogens is 1. The van der Waals surface area contributed by atoms with E-state index >= 15 is 0 Å². The van der Waals surface area contributed by atoms with Crippen molar-refractivity contribution in [2.45, 2.75) is 118 Å². The van der Waals surface area contributed by atoms with Gasteiger partial charge in [-0.15, -0.1) is 0 Å². The molecule has 4 saturated carbocycles. The summed E-state index contributed by atoms with van der Waals surface area (Å²) in [6.45, 7) is 15.7. The Morgan fingerprint density at radius 2 is 1.58 bits per heavy atom. The van der Waals surface area contributed by atoms with Crippen molar-refractivity contribution in [2.75, 3.05) is 41.0 Å². The zero-order valence-electron chi connectivity index (χ0n) is 26.6. The zero-order chi connectivity index (χ0) is 27.9. The zero-order valence-corrected chi connectivity index (χ0v) is 27.5. The third-order valence-corrected chi connectivity index (χ3v) is 13.6. The van der Waals surface area contributed by atoms with Crippen molar-refractivity contribution in [1.82, 2.24) is 0 Å². The normalized spacial score (nSPS) is 41.7. The van der Waals surface area contributed by atoms with Gasteiger partial charge in [0, 0.05) is 6.66 Å². The highest BCUT2D eigenvalue weighted by Crippen LogP contribution is 2.68. The summed E-state index contributed by atoms with van der Waals surface area (Å²) in [5.41, 5.74) is 1.01. The fourth-order valence-corrected chi connectivity index (χ4v) is 11.3. The lowest BCUT2D eigenvalue weighted by Gasteiger charge is -2.61. The molecule has 0 aromatic heterocycles. The maximum Gasteiger partial charge on any atom is 0.328 e. The highest BCUT2D eigenvalue weighted by molar-refractivity contribution is 7.53. The summed E-state index contributed by atoms with van der Waals surface area (Å²) in [6.07, 6.45) is 16.3. The fourth-order valence-electron chi connectivity index (χ4n) is 10.1. The summed E-state index contributed by atoms with van der Waals surface area (Å²) in [5.74, 6) is 6.12. The predicted octanol–water partition coefficient (Wildman–Crippen LogP) is 9.04. The number of nitrogens with zero attached hydrogens (tertiary/aromatic N) is 1. The molecule has 222 valence electrons. The summed E-state index contributed by atoms with van der Waals surface area (Å²) in [7, 11) is 3.40. The topological polar surface area (TPSA) is 35.5 Å². The van der Waals surface area contributed by atoms with Crippen LogP contribution in [-0.4, -0.2) is 51.5 Å². The average molecular weight is 553 g/mol. The quantitative estimate of drug-likeness (QED) is 0.189. The van der Waals surface area contributed by atoms with Gasteiger partial charge in [0.25, 0.3) is 0 Å². The molecule has 0 heterocycles. The predicted molar refractivity (Wildman–Crippen MR) is 160 cm³/mol. The first-order valence-electron chi connectivity index (χ1n) is 16.4. The number of likely N-dealkylation sites (N-methyl/N-ethyl adjacent to an activating group) is 1. The molecule has 2 unspecified atom stereocenters. The van der Waals surface area contributed by atoms with Crippen LogP contribution in [0.2, 0.25) is 0 Å². The number of fused-ring (bicyclic) bond motifs is 5. The second-order valence-corrected chi connectivity index (χ2v) is 18.3. The molecule has 0 saturated heterocycles. The van der Waals surface area contributed by atoms with Crippen molar-refractivity contribution in [2.24, 2.45) is 52.3 Å². The first-order valence-corrected chi connectivity index (χ1v) is 18.3. The molecule has 5 heteroatoms. The molecule has 0 radical (unpaired) electrons. The molecule has 0 N–H and O–H groups in total. The minimum absolute atomic E-state index is 0.0981. The van der Waals surface area contributed by atoms with E-state index < -0.39 is 7.60 Å². The summed E-state index contributed by atoms with van der Waals surface area (Å²) >= 11 is 0. The Labute approximate surface area is 236 Å². The van der Waals surface area contributed by atoms with Crippen molar-refractivity contribution in [3.05, 3.63) is 0 Å². The van der Waals surface area contributed by atoms with E-state index in [-0.39, 0.29) is 6.10 Å². The minimum atomic E-state index is -3.01. The Morgan fingerprint density at radius 1 is 0.895 bits per heavy atom. The molecule has 10 atom stereocenters. The minimum Gasteiger partial charge on any atom is -0.329 e. The van der Waals surface area contributed by atoms with Gasteiger partial charge in [-0.25, -0.2) is 0 Å². The highest BCUT2D eigenvalue weighted by atomic mass is 31.2. The van der Waals surface area contributed by atoms with Crippen molar-refractivity contribution in [1.29, 1.82) is 0 Å². The van der Waals surface area contributed by atoms with Crippen molar-refractivity contribution in [3.63, 3.8) is 0 Å². The van der Waals surface area contributed by atoms with E-state index in [0.29, 0.717) is 23.4 Å². The molecule has 0 aliphatic heterocycles. The Bertz CT molecular complexity index is 839. The molecule has 4 fully saturated rings. The van der Waals surface area contributed by atoms with Crippen LogP contribution in [0.1, 0.15) is 112 Å². The number of hydrogen-bond donors (Lipinski definition) is 0. The van der Waals surface area contributed by atoms with Crippen molar-refractivity contribution in [3.8, 4) is 0 Å². The number of hydrogen-bond acceptors (Lipinski definition) is 3. The van der Waals surface area contributed by atoms with Gasteiger partial charge in [0.2, 0.25) is 0 Å². The van der Waals surface area contributed by atoms with Crippen LogP contribution in [0.4, 0.5) is 0 Å². The molecule has 4 nitrogen and oxygen atoms in total. The molecule has 4 aliphatic carbocycles. The second-order valence-electron chi connectivity index (χ2n) is 16.3. The summed E-state index contributed by atoms with van der Waals surface area (Å²) in [4.78, 5) is 0. The molecule has 4 aliphatic rings. The Hall–Kier alpha value is 0.110. The first-order chi connectivity index (χ1) is 17.6. The molecule has 0 bridgehead atoms. The van der Waals surface area contributed by atoms with Gasteiger partial charge < -0.3 is 13.5 Å². The van der Waals surface area contributed by atoms with Gasteiger partial charge in [-0.2, -0.15) is 0 Å². The lowest BCUT2D eigenvalue weighted by molar-refractivity contribution is -0.870. The number of rotatable bonds is 11. The summed E-state index contributed by atoms with van der Waals surface area (Å²) < 4.78 is 26.0. The van der Waals surface area contributed by atoms with Crippen molar-refractivity contribution >= 4 is 7.60 Å². The fraction of sp³-hybridized carbons (Fsp3) is 1.00. The van der Waals surface area contributed by atoms with Gasteiger partial charge in [0.05, 0.1) is 27.2 Å². The van der Waals surface area contributed by atoms with Crippen molar-refractivity contribution < 1.29 is 18.1 Å². The maximum atomic E-state index is 13.1. The molecule has 0 aromatic carbocycles. The van der Waals surface area contributed by atoms with Crippen LogP contribution in [0.25, 0.3) is 0 Å². The SMILES string of the molecule is CC(C)CCC[C@@H](C)[C@H]1CC[C@H]2[C@@H]3CCC4C[C@@H](OP(C)(=O)OCC[N+](C)(C)C)CC[C@]4(C)[C@H]3CC[C@]12C. The molecular formula is C33H63NO3P+. The standard InChI is InChI=1S/C33H63NO3P/c1-24(2)11-10-12-25(3)29-15-16-30-28-14-13-26-23-27(37-38(9,35)36-22-21-34(6,7)8)17-19-32(26,4)31(28)18-20-33(29,30)5/h24-31H,10-23H2,1-9H3/q+1/t25-,26?,27+,28+,29-,30+,31+,32+,33-,38?/m1/s1. The third-order valence-electron chi connectivity index (χ3n) is 12.2. The lowest BCUT2D eigenvalue weighted by Crippen LogP contribution is -2.54. The van der Waals surface area contributed by atoms with Crippen LogP contribution in [-0.2, 0) is 13.6 Å². The van der Waals surface area contributed by atoms with E-state index in [1.54, 1.807) is 6.66 Å². The van der Waals surface area contributed by atoms with E-state index in [1.165, 1.54) is 64.2 Å². The Kier molecular flexibility index (Phi) is 9.62. The van der Waals surface area contributed by atoms with Crippen LogP contribution in [0.3, 0.4) is 0 Å². The molecule has 4 rings (SSSR count). The van der Waals surface area contributed by atoms with Crippen LogP contribution < -0.4 is 0 Å². The van der Waals surface area contributed by atoms with E-state index in [1.807, 2.05) is 0 Å².